The van der Waals surface area contributed by atoms with Crippen LogP contribution >= 0.6 is 0 Å². The highest BCUT2D eigenvalue weighted by Gasteiger charge is 2.31. The molecule has 1 unspecified atom stereocenters. The zero-order valence-corrected chi connectivity index (χ0v) is 15.7. The Labute approximate surface area is 158 Å². The molecule has 1 atom stereocenters. The van der Waals surface area contributed by atoms with Crippen LogP contribution in [-0.4, -0.2) is 32.7 Å². The van der Waals surface area contributed by atoms with Crippen molar-refractivity contribution in [2.75, 3.05) is 17.3 Å². The molecule has 7 heteroatoms. The first-order valence-electron chi connectivity index (χ1n) is 8.58. The van der Waals surface area contributed by atoms with E-state index in [-0.39, 0.29) is 23.9 Å². The van der Waals surface area contributed by atoms with Crippen LogP contribution in [0.4, 0.5) is 10.1 Å². The predicted octanol–water partition coefficient (Wildman–Crippen LogP) is 3.11. The van der Waals surface area contributed by atoms with Gasteiger partial charge in [0, 0.05) is 11.1 Å². The number of rotatable bonds is 6. The summed E-state index contributed by atoms with van der Waals surface area (Å²) in [5, 5.41) is 1.14. The third kappa shape index (κ3) is 4.74. The van der Waals surface area contributed by atoms with Crippen LogP contribution in [0.25, 0.3) is 0 Å². The number of carbonyl (C=O) groups is 1. The Morgan fingerprint density at radius 3 is 2.37 bits per heavy atom. The molecule has 3 rings (SSSR count). The van der Waals surface area contributed by atoms with E-state index in [2.05, 4.69) is 0 Å². The van der Waals surface area contributed by atoms with Gasteiger partial charge < -0.3 is 9.64 Å². The van der Waals surface area contributed by atoms with Gasteiger partial charge in [-0.15, -0.1) is 0 Å². The summed E-state index contributed by atoms with van der Waals surface area (Å²) >= 11 is 0. The second-order valence-corrected chi connectivity index (χ2v) is 8.15. The SMILES string of the molecule is CCOc1ccc(N(C(=O)Cc2ccc(F)cc2)C2C=CS(=O)(=O)C2)cc1. The van der Waals surface area contributed by atoms with Gasteiger partial charge in [-0.05, 0) is 55.0 Å². The summed E-state index contributed by atoms with van der Waals surface area (Å²) in [7, 11) is -3.33. The Balaban J connectivity index is 1.88. The predicted molar refractivity (Wildman–Crippen MR) is 102 cm³/mol. The Hall–Kier alpha value is -2.67. The molecular formula is C20H20FNO4S. The van der Waals surface area contributed by atoms with Crippen molar-refractivity contribution in [2.24, 2.45) is 0 Å². The number of anilines is 1. The van der Waals surface area contributed by atoms with Crippen molar-refractivity contribution < 1.29 is 22.3 Å². The fraction of sp³-hybridized carbons (Fsp3) is 0.250. The molecule has 27 heavy (non-hydrogen) atoms. The van der Waals surface area contributed by atoms with E-state index in [1.807, 2.05) is 6.92 Å². The van der Waals surface area contributed by atoms with Gasteiger partial charge in [0.2, 0.25) is 5.91 Å². The molecule has 1 heterocycles. The van der Waals surface area contributed by atoms with Crippen LogP contribution in [-0.2, 0) is 21.1 Å². The van der Waals surface area contributed by atoms with Crippen molar-refractivity contribution in [3.05, 3.63) is 71.4 Å². The lowest BCUT2D eigenvalue weighted by Crippen LogP contribution is -2.42. The zero-order valence-electron chi connectivity index (χ0n) is 14.8. The topological polar surface area (TPSA) is 63.7 Å². The number of nitrogens with zero attached hydrogens (tertiary/aromatic N) is 1. The highest BCUT2D eigenvalue weighted by atomic mass is 32.2. The van der Waals surface area contributed by atoms with E-state index >= 15 is 0 Å². The van der Waals surface area contributed by atoms with Crippen LogP contribution in [0.3, 0.4) is 0 Å². The van der Waals surface area contributed by atoms with E-state index in [1.165, 1.54) is 23.1 Å². The lowest BCUT2D eigenvalue weighted by molar-refractivity contribution is -0.118. The average Bonchev–Trinajstić information content (AvgIpc) is 2.98. The minimum atomic E-state index is -3.33. The second kappa shape index (κ2) is 7.92. The van der Waals surface area contributed by atoms with Crippen molar-refractivity contribution >= 4 is 21.4 Å². The van der Waals surface area contributed by atoms with Crippen LogP contribution in [0.2, 0.25) is 0 Å². The number of hydrogen-bond acceptors (Lipinski definition) is 4. The van der Waals surface area contributed by atoms with E-state index in [4.69, 9.17) is 4.74 Å². The van der Waals surface area contributed by atoms with E-state index in [0.717, 1.165) is 5.41 Å². The Morgan fingerprint density at radius 1 is 1.15 bits per heavy atom. The number of hydrogen-bond donors (Lipinski definition) is 0. The Morgan fingerprint density at radius 2 is 1.81 bits per heavy atom. The van der Waals surface area contributed by atoms with E-state index in [1.54, 1.807) is 36.4 Å². The second-order valence-electron chi connectivity index (χ2n) is 6.22. The molecule has 2 aromatic carbocycles. The molecule has 0 N–H and O–H groups in total. The van der Waals surface area contributed by atoms with Gasteiger partial charge in [0.15, 0.2) is 9.84 Å². The normalized spacial score (nSPS) is 17.6. The van der Waals surface area contributed by atoms with Crippen molar-refractivity contribution in [1.82, 2.24) is 0 Å². The fourth-order valence-corrected chi connectivity index (χ4v) is 4.24. The maximum atomic E-state index is 13.1. The third-order valence-electron chi connectivity index (χ3n) is 4.21. The molecule has 0 aromatic heterocycles. The fourth-order valence-electron chi connectivity index (χ4n) is 2.97. The van der Waals surface area contributed by atoms with Crippen LogP contribution in [0.15, 0.2) is 60.0 Å². The van der Waals surface area contributed by atoms with Gasteiger partial charge in [-0.1, -0.05) is 12.1 Å². The molecule has 0 bridgehead atoms. The molecule has 0 saturated carbocycles. The van der Waals surface area contributed by atoms with Gasteiger partial charge in [-0.25, -0.2) is 12.8 Å². The maximum Gasteiger partial charge on any atom is 0.231 e. The van der Waals surface area contributed by atoms with Crippen LogP contribution in [0.1, 0.15) is 12.5 Å². The third-order valence-corrected chi connectivity index (χ3v) is 5.58. The standard InChI is InChI=1S/C20H20FNO4S/c1-2-26-19-9-7-17(8-10-19)22(18-11-12-27(24,25)14-18)20(23)13-15-3-5-16(21)6-4-15/h3-12,18H,2,13-14H2,1H3. The monoisotopic (exact) mass is 389 g/mol. The highest BCUT2D eigenvalue weighted by molar-refractivity contribution is 7.94. The summed E-state index contributed by atoms with van der Waals surface area (Å²) < 4.78 is 42.2. The summed E-state index contributed by atoms with van der Waals surface area (Å²) in [5.41, 5.74) is 1.24. The lowest BCUT2D eigenvalue weighted by Gasteiger charge is -2.28. The van der Waals surface area contributed by atoms with Gasteiger partial charge in [0.1, 0.15) is 11.6 Å². The van der Waals surface area contributed by atoms with Crippen LogP contribution in [0.5, 0.6) is 5.75 Å². The number of sulfone groups is 1. The summed E-state index contributed by atoms with van der Waals surface area (Å²) in [6.45, 7) is 2.40. The smallest absolute Gasteiger partial charge is 0.231 e. The number of amides is 1. The summed E-state index contributed by atoms with van der Waals surface area (Å²) in [4.78, 5) is 14.5. The molecule has 0 fully saturated rings. The Kier molecular flexibility index (Phi) is 5.60. The number of carbonyl (C=O) groups excluding carboxylic acids is 1. The lowest BCUT2D eigenvalue weighted by atomic mass is 10.1. The summed E-state index contributed by atoms with van der Waals surface area (Å²) in [5.74, 6) is -0.131. The molecule has 0 radical (unpaired) electrons. The minimum Gasteiger partial charge on any atom is -0.494 e. The van der Waals surface area contributed by atoms with Gasteiger partial charge in [-0.3, -0.25) is 4.79 Å². The average molecular weight is 389 g/mol. The first kappa shape index (κ1) is 19.1. The van der Waals surface area contributed by atoms with E-state index < -0.39 is 15.9 Å². The molecule has 1 aliphatic heterocycles. The van der Waals surface area contributed by atoms with Crippen LogP contribution < -0.4 is 9.64 Å². The molecule has 0 aliphatic carbocycles. The first-order valence-corrected chi connectivity index (χ1v) is 10.3. The van der Waals surface area contributed by atoms with Gasteiger partial charge in [0.25, 0.3) is 0 Å². The van der Waals surface area contributed by atoms with Gasteiger partial charge >= 0.3 is 0 Å². The van der Waals surface area contributed by atoms with Crippen molar-refractivity contribution in [3.8, 4) is 5.75 Å². The van der Waals surface area contributed by atoms with Crippen molar-refractivity contribution in [2.45, 2.75) is 19.4 Å². The maximum absolute atomic E-state index is 13.1. The van der Waals surface area contributed by atoms with Gasteiger partial charge in [-0.2, -0.15) is 0 Å². The molecule has 1 amide bonds. The molecule has 1 aliphatic rings. The van der Waals surface area contributed by atoms with Crippen molar-refractivity contribution in [3.63, 3.8) is 0 Å². The molecule has 0 saturated heterocycles. The minimum absolute atomic E-state index is 0.0396. The molecular weight excluding hydrogens is 369 g/mol. The largest absolute Gasteiger partial charge is 0.494 e. The Bertz CT molecular complexity index is 937. The summed E-state index contributed by atoms with van der Waals surface area (Å²) in [6, 6.07) is 12.0. The zero-order chi connectivity index (χ0) is 19.4. The highest BCUT2D eigenvalue weighted by Crippen LogP contribution is 2.26. The van der Waals surface area contributed by atoms with Gasteiger partial charge in [0.05, 0.1) is 24.8 Å². The first-order chi connectivity index (χ1) is 12.9. The van der Waals surface area contributed by atoms with E-state index in [0.29, 0.717) is 23.6 Å². The number of benzene rings is 2. The molecule has 142 valence electrons. The quantitative estimate of drug-likeness (QED) is 0.762. The van der Waals surface area contributed by atoms with E-state index in [9.17, 15) is 17.6 Å². The number of halogens is 1. The molecule has 5 nitrogen and oxygen atoms in total. The van der Waals surface area contributed by atoms with Crippen molar-refractivity contribution in [1.29, 1.82) is 0 Å². The molecule has 2 aromatic rings. The molecule has 0 spiro atoms. The summed E-state index contributed by atoms with van der Waals surface area (Å²) in [6.07, 6.45) is 1.56. The number of ether oxygens (including phenoxy) is 1. The van der Waals surface area contributed by atoms with Crippen LogP contribution in [0, 0.1) is 5.82 Å².